The van der Waals surface area contributed by atoms with Gasteiger partial charge in [-0.15, -0.1) is 0 Å². The number of anilines is 2. The minimum atomic E-state index is -4.03. The van der Waals surface area contributed by atoms with Gasteiger partial charge in [-0.25, -0.2) is 22.5 Å². The lowest BCUT2D eigenvalue weighted by Crippen LogP contribution is -2.17. The Hall–Kier alpha value is -3.84. The van der Waals surface area contributed by atoms with Crippen molar-refractivity contribution in [3.63, 3.8) is 0 Å². The number of nitrogens with one attached hydrogen (secondary N) is 1. The van der Waals surface area contributed by atoms with Gasteiger partial charge in [0.05, 0.1) is 12.6 Å². The second-order valence-electron chi connectivity index (χ2n) is 7.24. The van der Waals surface area contributed by atoms with Crippen LogP contribution in [-0.2, 0) is 16.6 Å². The lowest BCUT2D eigenvalue weighted by atomic mass is 10.2. The predicted molar refractivity (Wildman–Crippen MR) is 120 cm³/mol. The van der Waals surface area contributed by atoms with Gasteiger partial charge in [0, 0.05) is 20.6 Å². The first-order chi connectivity index (χ1) is 15.7. The maximum absolute atomic E-state index is 13.5. The number of benzene rings is 2. The molecule has 0 aliphatic heterocycles. The molecule has 0 saturated carbocycles. The Bertz CT molecular complexity index is 1440. The van der Waals surface area contributed by atoms with E-state index in [4.69, 9.17) is 9.88 Å². The minimum Gasteiger partial charge on any atom is -0.468 e. The number of hydrogen-bond acceptors (Lipinski definition) is 9. The molecule has 0 radical (unpaired) electrons. The Balaban J connectivity index is 1.84. The lowest BCUT2D eigenvalue weighted by Gasteiger charge is -2.15. The summed E-state index contributed by atoms with van der Waals surface area (Å²) in [5.74, 6) is 0.342. The first kappa shape index (κ1) is 22.4. The molecular formula is C20H21FN8O3S. The van der Waals surface area contributed by atoms with Crippen LogP contribution in [0.15, 0.2) is 47.4 Å². The molecule has 0 saturated heterocycles. The summed E-state index contributed by atoms with van der Waals surface area (Å²) >= 11 is 0. The van der Waals surface area contributed by atoms with Crippen molar-refractivity contribution in [3.8, 4) is 12.0 Å². The average Bonchev–Trinajstić information content (AvgIpc) is 3.15. The molecule has 3 N–H and O–H groups in total. The van der Waals surface area contributed by atoms with Crippen LogP contribution in [0.4, 0.5) is 16.3 Å². The van der Waals surface area contributed by atoms with Gasteiger partial charge >= 0.3 is 6.01 Å². The number of sulfonamides is 1. The maximum atomic E-state index is 13.5. The molecule has 4 aromatic rings. The third-order valence-corrected chi connectivity index (χ3v) is 5.60. The molecule has 2 heterocycles. The lowest BCUT2D eigenvalue weighted by molar-refractivity contribution is 0.374. The molecule has 0 bridgehead atoms. The van der Waals surface area contributed by atoms with Gasteiger partial charge in [0.1, 0.15) is 16.2 Å². The summed E-state index contributed by atoms with van der Waals surface area (Å²) in [4.78, 5) is 19.1. The molecule has 172 valence electrons. The van der Waals surface area contributed by atoms with Crippen LogP contribution in [0.2, 0.25) is 0 Å². The van der Waals surface area contributed by atoms with Crippen molar-refractivity contribution >= 4 is 33.0 Å². The van der Waals surface area contributed by atoms with Crippen molar-refractivity contribution in [2.75, 3.05) is 31.4 Å². The monoisotopic (exact) mass is 472 g/mol. The average molecular weight is 473 g/mol. The highest BCUT2D eigenvalue weighted by molar-refractivity contribution is 7.89. The zero-order chi connectivity index (χ0) is 23.8. The highest BCUT2D eigenvalue weighted by Crippen LogP contribution is 2.29. The number of ether oxygens (including phenoxy) is 1. The summed E-state index contributed by atoms with van der Waals surface area (Å²) in [7, 11) is 0.886. The molecule has 4 rings (SSSR count). The summed E-state index contributed by atoms with van der Waals surface area (Å²) in [5, 5.41) is 8.41. The smallest absolute Gasteiger partial charge is 0.304 e. The van der Waals surface area contributed by atoms with Crippen molar-refractivity contribution in [2.24, 2.45) is 5.14 Å². The summed E-state index contributed by atoms with van der Waals surface area (Å²) in [6.45, 7) is 0.269. The van der Waals surface area contributed by atoms with E-state index in [1.807, 2.05) is 0 Å². The number of para-hydroxylation sites is 1. The van der Waals surface area contributed by atoms with E-state index in [0.29, 0.717) is 17.0 Å². The van der Waals surface area contributed by atoms with Gasteiger partial charge < -0.3 is 15.0 Å². The number of hydrogen-bond donors (Lipinski definition) is 2. The fourth-order valence-electron chi connectivity index (χ4n) is 3.17. The van der Waals surface area contributed by atoms with E-state index in [9.17, 15) is 12.8 Å². The molecule has 2 aromatic heterocycles. The first-order valence-corrected chi connectivity index (χ1v) is 11.2. The van der Waals surface area contributed by atoms with Gasteiger partial charge in [-0.2, -0.15) is 19.9 Å². The van der Waals surface area contributed by atoms with E-state index < -0.39 is 10.0 Å². The molecule has 2 aromatic carbocycles. The number of primary sulfonamides is 1. The fourth-order valence-corrected chi connectivity index (χ4v) is 3.86. The Morgan fingerprint density at radius 2 is 1.88 bits per heavy atom. The van der Waals surface area contributed by atoms with Crippen LogP contribution in [0.25, 0.3) is 17.0 Å². The van der Waals surface area contributed by atoms with Crippen molar-refractivity contribution in [1.29, 1.82) is 0 Å². The van der Waals surface area contributed by atoms with E-state index in [-0.39, 0.29) is 40.7 Å². The Morgan fingerprint density at radius 1 is 1.12 bits per heavy atom. The van der Waals surface area contributed by atoms with Gasteiger partial charge in [0.2, 0.25) is 27.9 Å². The number of aromatic nitrogens is 5. The van der Waals surface area contributed by atoms with E-state index >= 15 is 0 Å². The molecule has 0 spiro atoms. The summed E-state index contributed by atoms with van der Waals surface area (Å²) < 4.78 is 44.4. The van der Waals surface area contributed by atoms with E-state index in [1.165, 1.54) is 35.9 Å². The van der Waals surface area contributed by atoms with Crippen molar-refractivity contribution in [2.45, 2.75) is 11.4 Å². The molecule has 0 aliphatic carbocycles. The molecule has 13 heteroatoms. The highest BCUT2D eigenvalue weighted by Gasteiger charge is 2.23. The molecule has 0 unspecified atom stereocenters. The normalized spacial score (nSPS) is 11.5. The van der Waals surface area contributed by atoms with Crippen LogP contribution in [-0.4, -0.2) is 54.1 Å². The van der Waals surface area contributed by atoms with E-state index in [2.05, 4.69) is 25.3 Å². The highest BCUT2D eigenvalue weighted by atomic mass is 32.2. The molecule has 0 fully saturated rings. The quantitative estimate of drug-likeness (QED) is 0.411. The van der Waals surface area contributed by atoms with Crippen LogP contribution in [0, 0.1) is 5.82 Å². The van der Waals surface area contributed by atoms with Crippen LogP contribution < -0.4 is 20.1 Å². The first-order valence-electron chi connectivity index (χ1n) is 9.67. The minimum absolute atomic E-state index is 0.0630. The fraction of sp³-hybridized carbons (Fsp3) is 0.200. The van der Waals surface area contributed by atoms with Crippen molar-refractivity contribution in [1.82, 2.24) is 24.5 Å². The Kier molecular flexibility index (Phi) is 5.82. The summed E-state index contributed by atoms with van der Waals surface area (Å²) in [6, 6.07) is 10.8. The van der Waals surface area contributed by atoms with Gasteiger partial charge in [-0.3, -0.25) is 0 Å². The Labute approximate surface area is 189 Å². The van der Waals surface area contributed by atoms with Crippen LogP contribution >= 0.6 is 0 Å². The largest absolute Gasteiger partial charge is 0.468 e. The SMILES string of the molecule is COc1nc2c(S(N)(=O)=O)cccc2n1-c1nc(NCc2cccc(F)c2)nc(N(C)C)n1. The molecule has 0 amide bonds. The molecule has 33 heavy (non-hydrogen) atoms. The van der Waals surface area contributed by atoms with E-state index in [1.54, 1.807) is 37.2 Å². The Morgan fingerprint density at radius 3 is 2.55 bits per heavy atom. The number of nitrogens with two attached hydrogens (primary N) is 1. The summed E-state index contributed by atoms with van der Waals surface area (Å²) in [5.41, 5.74) is 1.20. The zero-order valence-corrected chi connectivity index (χ0v) is 18.8. The van der Waals surface area contributed by atoms with Crippen LogP contribution in [0.1, 0.15) is 5.56 Å². The summed E-state index contributed by atoms with van der Waals surface area (Å²) in [6.07, 6.45) is 0. The second kappa shape index (κ2) is 8.60. The second-order valence-corrected chi connectivity index (χ2v) is 8.77. The van der Waals surface area contributed by atoms with Gasteiger partial charge in [0.25, 0.3) is 0 Å². The van der Waals surface area contributed by atoms with Crippen molar-refractivity contribution in [3.05, 3.63) is 53.8 Å². The number of halogens is 1. The number of nitrogens with zero attached hydrogens (tertiary/aromatic N) is 6. The maximum Gasteiger partial charge on any atom is 0.304 e. The number of imidazole rings is 1. The zero-order valence-electron chi connectivity index (χ0n) is 18.0. The third-order valence-electron chi connectivity index (χ3n) is 4.66. The predicted octanol–water partition coefficient (Wildman–Crippen LogP) is 1.68. The van der Waals surface area contributed by atoms with Gasteiger partial charge in [-0.1, -0.05) is 18.2 Å². The van der Waals surface area contributed by atoms with Crippen molar-refractivity contribution < 1.29 is 17.5 Å². The van der Waals surface area contributed by atoms with Crippen LogP contribution in [0.5, 0.6) is 6.01 Å². The van der Waals surface area contributed by atoms with Gasteiger partial charge in [-0.05, 0) is 29.8 Å². The number of methoxy groups -OCH3 is 1. The number of rotatable bonds is 7. The topological polar surface area (TPSA) is 141 Å². The number of fused-ring (bicyclic) bond motifs is 1. The molecule has 0 aliphatic rings. The van der Waals surface area contributed by atoms with Crippen LogP contribution in [0.3, 0.4) is 0 Å². The molecule has 11 nitrogen and oxygen atoms in total. The standard InChI is InChI=1S/C20H21FN8O3S/c1-28(2)18-25-17(23-11-12-6-4-7-13(21)10-12)26-19(27-18)29-14-8-5-9-15(33(22,30)31)16(14)24-20(29)32-3/h4-10H,11H2,1-3H3,(H2,22,30,31)(H,23,25,26,27). The van der Waals surface area contributed by atoms with E-state index in [0.717, 1.165) is 0 Å². The van der Waals surface area contributed by atoms with Gasteiger partial charge in [0.15, 0.2) is 0 Å². The third kappa shape index (κ3) is 4.54. The molecule has 0 atom stereocenters. The molecular weight excluding hydrogens is 451 g/mol.